The van der Waals surface area contributed by atoms with Gasteiger partial charge in [0.05, 0.1) is 14.2 Å². The van der Waals surface area contributed by atoms with Crippen molar-refractivity contribution in [3.05, 3.63) is 60.7 Å². The van der Waals surface area contributed by atoms with Crippen LogP contribution in [-0.2, 0) is 0 Å². The molecular formula is C18H16O2. The molecular weight excluding hydrogens is 248 g/mol. The smallest absolute Gasteiger partial charge is 0.130 e. The van der Waals surface area contributed by atoms with E-state index in [4.69, 9.17) is 9.47 Å². The second-order valence-corrected chi connectivity index (χ2v) is 4.63. The molecule has 2 nitrogen and oxygen atoms in total. The Balaban J connectivity index is 2.14. The average molecular weight is 264 g/mol. The molecule has 0 aliphatic carbocycles. The molecule has 2 heteroatoms. The quantitative estimate of drug-likeness (QED) is 0.692. The zero-order valence-electron chi connectivity index (χ0n) is 11.6. The van der Waals surface area contributed by atoms with Crippen LogP contribution in [0.25, 0.3) is 21.9 Å². The molecule has 0 spiro atoms. The van der Waals surface area contributed by atoms with Gasteiger partial charge in [0.25, 0.3) is 0 Å². The van der Waals surface area contributed by atoms with Crippen molar-refractivity contribution in [3.63, 3.8) is 0 Å². The average Bonchev–Trinajstić information content (AvgIpc) is 2.53. The normalized spacial score (nSPS) is 10.5. The van der Waals surface area contributed by atoms with Crippen molar-refractivity contribution in [2.75, 3.05) is 14.2 Å². The first-order valence-electron chi connectivity index (χ1n) is 6.53. The molecule has 0 saturated heterocycles. The maximum Gasteiger partial charge on any atom is 0.130 e. The first-order valence-corrected chi connectivity index (χ1v) is 6.53. The summed E-state index contributed by atoms with van der Waals surface area (Å²) in [5, 5.41) is 2.46. The number of rotatable bonds is 3. The molecule has 0 aliphatic rings. The SMILES string of the molecule is COc1ccc(-c2ccc3ccccc3c2)c(OC)c1. The second kappa shape index (κ2) is 5.25. The van der Waals surface area contributed by atoms with Crippen molar-refractivity contribution in [1.82, 2.24) is 0 Å². The molecule has 0 N–H and O–H groups in total. The number of fused-ring (bicyclic) bond motifs is 1. The van der Waals surface area contributed by atoms with E-state index in [0.29, 0.717) is 0 Å². The van der Waals surface area contributed by atoms with Crippen LogP contribution in [0.4, 0.5) is 0 Å². The van der Waals surface area contributed by atoms with Gasteiger partial charge in [-0.15, -0.1) is 0 Å². The zero-order chi connectivity index (χ0) is 13.9. The maximum atomic E-state index is 5.47. The fourth-order valence-corrected chi connectivity index (χ4v) is 2.39. The summed E-state index contributed by atoms with van der Waals surface area (Å²) in [4.78, 5) is 0. The lowest BCUT2D eigenvalue weighted by molar-refractivity contribution is 0.395. The van der Waals surface area contributed by atoms with Gasteiger partial charge in [-0.25, -0.2) is 0 Å². The number of hydrogen-bond donors (Lipinski definition) is 0. The highest BCUT2D eigenvalue weighted by molar-refractivity contribution is 5.88. The topological polar surface area (TPSA) is 18.5 Å². The summed E-state index contributed by atoms with van der Waals surface area (Å²) in [6, 6.07) is 20.7. The Bertz CT molecular complexity index is 747. The molecule has 20 heavy (non-hydrogen) atoms. The van der Waals surface area contributed by atoms with Gasteiger partial charge < -0.3 is 9.47 Å². The van der Waals surface area contributed by atoms with Crippen molar-refractivity contribution >= 4 is 10.8 Å². The van der Waals surface area contributed by atoms with Crippen LogP contribution in [0.1, 0.15) is 0 Å². The number of ether oxygens (including phenoxy) is 2. The number of hydrogen-bond acceptors (Lipinski definition) is 2. The third-order valence-electron chi connectivity index (χ3n) is 3.47. The van der Waals surface area contributed by atoms with Gasteiger partial charge in [-0.05, 0) is 34.5 Å². The zero-order valence-corrected chi connectivity index (χ0v) is 11.6. The Kier molecular flexibility index (Phi) is 3.30. The first-order chi connectivity index (χ1) is 9.81. The highest BCUT2D eigenvalue weighted by Crippen LogP contribution is 2.34. The van der Waals surface area contributed by atoms with Gasteiger partial charge in [-0.3, -0.25) is 0 Å². The Morgan fingerprint density at radius 2 is 1.50 bits per heavy atom. The van der Waals surface area contributed by atoms with E-state index in [1.54, 1.807) is 14.2 Å². The molecule has 3 aromatic rings. The number of benzene rings is 3. The van der Waals surface area contributed by atoms with Gasteiger partial charge >= 0.3 is 0 Å². The predicted molar refractivity (Wildman–Crippen MR) is 82.5 cm³/mol. The van der Waals surface area contributed by atoms with Gasteiger partial charge in [-0.1, -0.05) is 36.4 Å². The molecule has 100 valence electrons. The summed E-state index contributed by atoms with van der Waals surface area (Å²) in [6.07, 6.45) is 0. The van der Waals surface area contributed by atoms with Crippen LogP contribution in [0.15, 0.2) is 60.7 Å². The van der Waals surface area contributed by atoms with E-state index < -0.39 is 0 Å². The van der Waals surface area contributed by atoms with Crippen LogP contribution in [0, 0.1) is 0 Å². The molecule has 0 unspecified atom stereocenters. The van der Waals surface area contributed by atoms with E-state index in [-0.39, 0.29) is 0 Å². The predicted octanol–water partition coefficient (Wildman–Crippen LogP) is 4.52. The molecule has 3 rings (SSSR count). The van der Waals surface area contributed by atoms with Crippen LogP contribution < -0.4 is 9.47 Å². The summed E-state index contributed by atoms with van der Waals surface area (Å²) in [5.41, 5.74) is 2.21. The van der Waals surface area contributed by atoms with Crippen molar-refractivity contribution in [2.45, 2.75) is 0 Å². The van der Waals surface area contributed by atoms with Crippen LogP contribution in [0.5, 0.6) is 11.5 Å². The van der Waals surface area contributed by atoms with Crippen LogP contribution in [0.3, 0.4) is 0 Å². The summed E-state index contributed by atoms with van der Waals surface area (Å²) in [5.74, 6) is 1.62. The van der Waals surface area contributed by atoms with Crippen LogP contribution in [0.2, 0.25) is 0 Å². The fraction of sp³-hybridized carbons (Fsp3) is 0.111. The minimum Gasteiger partial charge on any atom is -0.497 e. The minimum absolute atomic E-state index is 0.798. The maximum absolute atomic E-state index is 5.47. The summed E-state index contributed by atoms with van der Waals surface area (Å²) in [7, 11) is 3.34. The minimum atomic E-state index is 0.798. The first kappa shape index (κ1) is 12.5. The lowest BCUT2D eigenvalue weighted by Crippen LogP contribution is -1.90. The standard InChI is InChI=1S/C18H16O2/c1-19-16-9-10-17(18(12-16)20-2)15-8-7-13-5-3-4-6-14(13)11-15/h3-12H,1-2H3. The van der Waals surface area contributed by atoms with Crippen molar-refractivity contribution < 1.29 is 9.47 Å². The second-order valence-electron chi connectivity index (χ2n) is 4.63. The molecule has 0 heterocycles. The van der Waals surface area contributed by atoms with Gasteiger partial charge in [-0.2, -0.15) is 0 Å². The van der Waals surface area contributed by atoms with Crippen molar-refractivity contribution in [1.29, 1.82) is 0 Å². The summed E-state index contributed by atoms with van der Waals surface area (Å²) in [6.45, 7) is 0. The lowest BCUT2D eigenvalue weighted by Gasteiger charge is -2.11. The van der Waals surface area contributed by atoms with E-state index in [1.807, 2.05) is 18.2 Å². The molecule has 0 fully saturated rings. The third-order valence-corrected chi connectivity index (χ3v) is 3.47. The van der Waals surface area contributed by atoms with E-state index >= 15 is 0 Å². The molecule has 0 atom stereocenters. The van der Waals surface area contributed by atoms with Crippen LogP contribution in [-0.4, -0.2) is 14.2 Å². The molecule has 0 radical (unpaired) electrons. The molecule has 3 aromatic carbocycles. The fourth-order valence-electron chi connectivity index (χ4n) is 2.39. The van der Waals surface area contributed by atoms with Crippen LogP contribution >= 0.6 is 0 Å². The molecule has 0 bridgehead atoms. The lowest BCUT2D eigenvalue weighted by atomic mass is 10.0. The largest absolute Gasteiger partial charge is 0.497 e. The monoisotopic (exact) mass is 264 g/mol. The van der Waals surface area contributed by atoms with E-state index in [9.17, 15) is 0 Å². The Morgan fingerprint density at radius 1 is 0.700 bits per heavy atom. The highest BCUT2D eigenvalue weighted by atomic mass is 16.5. The highest BCUT2D eigenvalue weighted by Gasteiger charge is 2.08. The van der Waals surface area contributed by atoms with Gasteiger partial charge in [0.1, 0.15) is 11.5 Å². The van der Waals surface area contributed by atoms with Gasteiger partial charge in [0.15, 0.2) is 0 Å². The van der Waals surface area contributed by atoms with E-state index in [2.05, 4.69) is 42.5 Å². The Labute approximate surface area is 118 Å². The molecule has 0 amide bonds. The Hall–Kier alpha value is -2.48. The van der Waals surface area contributed by atoms with Gasteiger partial charge in [0, 0.05) is 11.6 Å². The van der Waals surface area contributed by atoms with Crippen molar-refractivity contribution in [3.8, 4) is 22.6 Å². The Morgan fingerprint density at radius 3 is 2.25 bits per heavy atom. The molecule has 0 saturated carbocycles. The number of methoxy groups -OCH3 is 2. The van der Waals surface area contributed by atoms with E-state index in [0.717, 1.165) is 22.6 Å². The van der Waals surface area contributed by atoms with E-state index in [1.165, 1.54) is 10.8 Å². The molecule has 0 aliphatic heterocycles. The van der Waals surface area contributed by atoms with Crippen molar-refractivity contribution in [2.24, 2.45) is 0 Å². The summed E-state index contributed by atoms with van der Waals surface area (Å²) < 4.78 is 10.7. The van der Waals surface area contributed by atoms with Gasteiger partial charge in [0.2, 0.25) is 0 Å². The third kappa shape index (κ3) is 2.21. The molecule has 0 aromatic heterocycles. The summed E-state index contributed by atoms with van der Waals surface area (Å²) >= 11 is 0.